The van der Waals surface area contributed by atoms with Crippen molar-refractivity contribution in [3.05, 3.63) is 35.9 Å². The second kappa shape index (κ2) is 7.27. The third-order valence-corrected chi connectivity index (χ3v) is 2.25. The molecular weight excluding hydrogens is 214 g/mol. The molecule has 5 heteroatoms. The normalized spacial score (nSPS) is 11.0. The molecule has 0 saturated heterocycles. The average molecular weight is 233 g/mol. The Morgan fingerprint density at radius 2 is 2.06 bits per heavy atom. The molecule has 1 aromatic carbocycles. The van der Waals surface area contributed by atoms with E-state index in [1.165, 1.54) is 5.56 Å². The van der Waals surface area contributed by atoms with E-state index < -0.39 is 0 Å². The Kier molecular flexibility index (Phi) is 5.57. The quantitative estimate of drug-likeness (QED) is 0.350. The number of hydrogen-bond acceptors (Lipinski definition) is 2. The number of nitrogens with zero attached hydrogens (tertiary/aromatic N) is 1. The Morgan fingerprint density at radius 1 is 1.35 bits per heavy atom. The first-order valence-electron chi connectivity index (χ1n) is 5.58. The molecule has 0 unspecified atom stereocenters. The van der Waals surface area contributed by atoms with Gasteiger partial charge >= 0.3 is 0 Å². The molecule has 1 aromatic rings. The smallest absolute Gasteiger partial charge is 0.197 e. The van der Waals surface area contributed by atoms with E-state index in [2.05, 4.69) is 27.8 Å². The molecule has 0 amide bonds. The van der Waals surface area contributed by atoms with E-state index in [1.54, 1.807) is 7.05 Å². The Bertz CT molecular complexity index is 372. The molecule has 5 N–H and O–H groups in total. The summed E-state index contributed by atoms with van der Waals surface area (Å²) in [7, 11) is 1.65. The van der Waals surface area contributed by atoms with E-state index in [1.807, 2.05) is 18.2 Å². The molecule has 0 heterocycles. The molecule has 0 aromatic heterocycles. The van der Waals surface area contributed by atoms with Crippen LogP contribution in [0.3, 0.4) is 0 Å². The molecule has 0 saturated carbocycles. The van der Waals surface area contributed by atoms with E-state index in [4.69, 9.17) is 11.1 Å². The SMILES string of the molecule is C/N=C(\NCCCc1ccccc1)NC(=N)N. The highest BCUT2D eigenvalue weighted by atomic mass is 15.2. The summed E-state index contributed by atoms with van der Waals surface area (Å²) in [6, 6.07) is 10.3. The monoisotopic (exact) mass is 233 g/mol. The average Bonchev–Trinajstić information content (AvgIpc) is 2.34. The maximum absolute atomic E-state index is 7.09. The highest BCUT2D eigenvalue weighted by Crippen LogP contribution is 2.01. The van der Waals surface area contributed by atoms with Gasteiger partial charge in [-0.05, 0) is 18.4 Å². The molecule has 0 atom stereocenters. The Labute approximate surface area is 102 Å². The minimum absolute atomic E-state index is 0.110. The van der Waals surface area contributed by atoms with Gasteiger partial charge in [-0.3, -0.25) is 15.7 Å². The van der Waals surface area contributed by atoms with E-state index in [0.717, 1.165) is 19.4 Å². The van der Waals surface area contributed by atoms with Crippen LogP contribution in [-0.2, 0) is 6.42 Å². The molecule has 0 spiro atoms. The first kappa shape index (κ1) is 13.0. The predicted molar refractivity (Wildman–Crippen MR) is 71.2 cm³/mol. The lowest BCUT2D eigenvalue weighted by Crippen LogP contribution is -2.44. The fourth-order valence-electron chi connectivity index (χ4n) is 1.45. The molecule has 5 nitrogen and oxygen atoms in total. The van der Waals surface area contributed by atoms with Crippen molar-refractivity contribution in [3.63, 3.8) is 0 Å². The van der Waals surface area contributed by atoms with Gasteiger partial charge in [0, 0.05) is 13.6 Å². The lowest BCUT2D eigenvalue weighted by molar-refractivity contribution is 0.763. The number of aryl methyl sites for hydroxylation is 1. The lowest BCUT2D eigenvalue weighted by Gasteiger charge is -2.09. The summed E-state index contributed by atoms with van der Waals surface area (Å²) < 4.78 is 0. The summed E-state index contributed by atoms with van der Waals surface area (Å²) >= 11 is 0. The number of hydrogen-bond donors (Lipinski definition) is 4. The fourth-order valence-corrected chi connectivity index (χ4v) is 1.45. The number of guanidine groups is 2. The number of benzene rings is 1. The summed E-state index contributed by atoms with van der Waals surface area (Å²) in [6.07, 6.45) is 2.02. The summed E-state index contributed by atoms with van der Waals surface area (Å²) in [5.41, 5.74) is 6.54. The van der Waals surface area contributed by atoms with E-state index in [0.29, 0.717) is 5.96 Å². The maximum Gasteiger partial charge on any atom is 0.197 e. The molecule has 0 aliphatic heterocycles. The molecule has 92 valence electrons. The van der Waals surface area contributed by atoms with Gasteiger partial charge < -0.3 is 11.1 Å². The van der Waals surface area contributed by atoms with Crippen LogP contribution >= 0.6 is 0 Å². The van der Waals surface area contributed by atoms with E-state index >= 15 is 0 Å². The largest absolute Gasteiger partial charge is 0.370 e. The molecule has 17 heavy (non-hydrogen) atoms. The van der Waals surface area contributed by atoms with Crippen molar-refractivity contribution in [1.29, 1.82) is 5.41 Å². The minimum Gasteiger partial charge on any atom is -0.370 e. The van der Waals surface area contributed by atoms with Gasteiger partial charge in [-0.25, -0.2) is 0 Å². The van der Waals surface area contributed by atoms with Gasteiger partial charge in [-0.1, -0.05) is 30.3 Å². The Balaban J connectivity index is 2.21. The second-order valence-corrected chi connectivity index (χ2v) is 3.63. The van der Waals surface area contributed by atoms with E-state index in [-0.39, 0.29) is 5.96 Å². The number of nitrogens with two attached hydrogens (primary N) is 1. The molecule has 0 aliphatic rings. The summed E-state index contributed by atoms with van der Waals surface area (Å²) in [5, 5.41) is 12.8. The molecule has 0 fully saturated rings. The third kappa shape index (κ3) is 5.55. The minimum atomic E-state index is -0.110. The van der Waals surface area contributed by atoms with Gasteiger partial charge in [0.15, 0.2) is 11.9 Å². The van der Waals surface area contributed by atoms with Gasteiger partial charge in [0.1, 0.15) is 0 Å². The van der Waals surface area contributed by atoms with Crippen LogP contribution < -0.4 is 16.4 Å². The van der Waals surface area contributed by atoms with Gasteiger partial charge in [-0.2, -0.15) is 0 Å². The Hall–Kier alpha value is -2.04. The third-order valence-electron chi connectivity index (χ3n) is 2.25. The van der Waals surface area contributed by atoms with Crippen LogP contribution in [0.15, 0.2) is 35.3 Å². The predicted octanol–water partition coefficient (Wildman–Crippen LogP) is 0.678. The Morgan fingerprint density at radius 3 is 2.65 bits per heavy atom. The lowest BCUT2D eigenvalue weighted by atomic mass is 10.1. The highest BCUT2D eigenvalue weighted by molar-refractivity contribution is 5.96. The fraction of sp³-hybridized carbons (Fsp3) is 0.333. The molecule has 0 aliphatic carbocycles. The summed E-state index contributed by atoms with van der Waals surface area (Å²) in [6.45, 7) is 0.793. The van der Waals surface area contributed by atoms with Crippen LogP contribution in [0, 0.1) is 5.41 Å². The van der Waals surface area contributed by atoms with E-state index in [9.17, 15) is 0 Å². The van der Waals surface area contributed by atoms with Crippen LogP contribution in [0.2, 0.25) is 0 Å². The maximum atomic E-state index is 7.09. The van der Waals surface area contributed by atoms with Crippen LogP contribution in [0.5, 0.6) is 0 Å². The van der Waals surface area contributed by atoms with Crippen molar-refractivity contribution in [1.82, 2.24) is 10.6 Å². The van der Waals surface area contributed by atoms with Crippen LogP contribution in [0.1, 0.15) is 12.0 Å². The van der Waals surface area contributed by atoms with Gasteiger partial charge in [0.2, 0.25) is 0 Å². The van der Waals surface area contributed by atoms with Crippen molar-refractivity contribution in [2.75, 3.05) is 13.6 Å². The van der Waals surface area contributed by atoms with Crippen molar-refractivity contribution in [2.24, 2.45) is 10.7 Å². The van der Waals surface area contributed by atoms with Crippen molar-refractivity contribution >= 4 is 11.9 Å². The van der Waals surface area contributed by atoms with Crippen molar-refractivity contribution in [2.45, 2.75) is 12.8 Å². The van der Waals surface area contributed by atoms with Gasteiger partial charge in [0.25, 0.3) is 0 Å². The summed E-state index contributed by atoms with van der Waals surface area (Å²) in [4.78, 5) is 3.95. The van der Waals surface area contributed by atoms with Crippen LogP contribution in [-0.4, -0.2) is 25.5 Å². The standard InChI is InChI=1S/C12H19N5/c1-15-12(17-11(13)14)16-9-5-8-10-6-3-2-4-7-10/h2-4,6-7H,5,8-9H2,1H3,(H5,13,14,15,16,17). The number of aliphatic imine (C=N–C) groups is 1. The number of nitrogens with one attached hydrogen (secondary N) is 3. The van der Waals surface area contributed by atoms with Crippen molar-refractivity contribution in [3.8, 4) is 0 Å². The van der Waals surface area contributed by atoms with Gasteiger partial charge in [0.05, 0.1) is 0 Å². The zero-order valence-corrected chi connectivity index (χ0v) is 10.0. The first-order valence-corrected chi connectivity index (χ1v) is 5.58. The first-order chi connectivity index (χ1) is 8.22. The second-order valence-electron chi connectivity index (χ2n) is 3.63. The zero-order chi connectivity index (χ0) is 12.5. The molecule has 0 radical (unpaired) electrons. The number of rotatable bonds is 4. The molecule has 0 bridgehead atoms. The topological polar surface area (TPSA) is 86.3 Å². The molecular formula is C12H19N5. The molecule has 1 rings (SSSR count). The van der Waals surface area contributed by atoms with Crippen LogP contribution in [0.4, 0.5) is 0 Å². The summed E-state index contributed by atoms with van der Waals surface area (Å²) in [5.74, 6) is 0.423. The highest BCUT2D eigenvalue weighted by Gasteiger charge is 1.97. The zero-order valence-electron chi connectivity index (χ0n) is 10.0. The van der Waals surface area contributed by atoms with Crippen molar-refractivity contribution < 1.29 is 0 Å². The van der Waals surface area contributed by atoms with Crippen LogP contribution in [0.25, 0.3) is 0 Å². The van der Waals surface area contributed by atoms with Gasteiger partial charge in [-0.15, -0.1) is 0 Å².